The summed E-state index contributed by atoms with van der Waals surface area (Å²) >= 11 is 0. The minimum atomic E-state index is -5.08. The number of aryl methyl sites for hydroxylation is 2. The van der Waals surface area contributed by atoms with Crippen molar-refractivity contribution in [2.75, 3.05) is 5.32 Å². The van der Waals surface area contributed by atoms with Gasteiger partial charge in [-0.3, -0.25) is 4.79 Å². The number of halogens is 3. The Bertz CT molecular complexity index is 679. The topological polar surface area (TPSA) is 93.2 Å². The lowest BCUT2D eigenvalue weighted by Gasteiger charge is -2.29. The Hall–Kier alpha value is -2.36. The predicted molar refractivity (Wildman–Crippen MR) is 67.6 cm³/mol. The van der Waals surface area contributed by atoms with Gasteiger partial charge in [-0.15, -0.1) is 0 Å². The maximum atomic E-state index is 13.2. The molecule has 0 saturated carbocycles. The molecular formula is C12H13F3N4O3. The highest BCUT2D eigenvalue weighted by atomic mass is 19.4. The second-order valence-corrected chi connectivity index (χ2v) is 4.77. The van der Waals surface area contributed by atoms with E-state index in [0.29, 0.717) is 5.76 Å². The number of aromatic nitrogens is 3. The maximum absolute atomic E-state index is 13.2. The van der Waals surface area contributed by atoms with Gasteiger partial charge >= 0.3 is 6.18 Å². The summed E-state index contributed by atoms with van der Waals surface area (Å²) in [6, 6.07) is 1.34. The molecule has 1 amide bonds. The first-order valence-corrected chi connectivity index (χ1v) is 6.13. The smallest absolute Gasteiger partial charge is 0.374 e. The highest BCUT2D eigenvalue weighted by molar-refractivity contribution is 5.90. The first-order chi connectivity index (χ1) is 10.1. The van der Waals surface area contributed by atoms with E-state index in [9.17, 15) is 23.1 Å². The molecule has 2 heterocycles. The predicted octanol–water partition coefficient (Wildman–Crippen LogP) is 1.50. The van der Waals surface area contributed by atoms with Crippen LogP contribution in [0.25, 0.3) is 0 Å². The average molecular weight is 318 g/mol. The van der Waals surface area contributed by atoms with E-state index in [0.717, 1.165) is 10.8 Å². The van der Waals surface area contributed by atoms with Gasteiger partial charge in [-0.25, -0.2) is 4.98 Å². The summed E-state index contributed by atoms with van der Waals surface area (Å²) in [4.78, 5) is 15.3. The van der Waals surface area contributed by atoms with E-state index < -0.39 is 29.9 Å². The third kappa shape index (κ3) is 2.96. The number of imidazole rings is 1. The molecule has 10 heteroatoms. The monoisotopic (exact) mass is 318 g/mol. The van der Waals surface area contributed by atoms with Gasteiger partial charge in [0.2, 0.25) is 11.5 Å². The Labute approximate surface area is 122 Å². The minimum Gasteiger partial charge on any atom is -0.374 e. The molecule has 0 radical (unpaired) electrons. The van der Waals surface area contributed by atoms with Crippen molar-refractivity contribution in [3.63, 3.8) is 0 Å². The van der Waals surface area contributed by atoms with E-state index in [1.165, 1.54) is 19.3 Å². The zero-order valence-corrected chi connectivity index (χ0v) is 11.7. The van der Waals surface area contributed by atoms with Crippen LogP contribution in [0.15, 0.2) is 23.0 Å². The van der Waals surface area contributed by atoms with Crippen LogP contribution in [0, 0.1) is 6.92 Å². The molecule has 22 heavy (non-hydrogen) atoms. The van der Waals surface area contributed by atoms with E-state index in [4.69, 9.17) is 0 Å². The number of hydrogen-bond donors (Lipinski definition) is 2. The van der Waals surface area contributed by atoms with Crippen molar-refractivity contribution in [1.82, 2.24) is 14.7 Å². The lowest BCUT2D eigenvalue weighted by atomic mass is 9.97. The van der Waals surface area contributed by atoms with Crippen molar-refractivity contribution in [1.29, 1.82) is 0 Å². The lowest BCUT2D eigenvalue weighted by molar-refractivity contribution is -0.270. The van der Waals surface area contributed by atoms with Crippen molar-refractivity contribution in [3.8, 4) is 0 Å². The number of carbonyl (C=O) groups is 1. The average Bonchev–Trinajstić information content (AvgIpc) is 2.96. The Balaban J connectivity index is 2.24. The molecule has 1 atom stereocenters. The van der Waals surface area contributed by atoms with Crippen molar-refractivity contribution < 1.29 is 27.6 Å². The molecule has 0 fully saturated rings. The molecule has 2 rings (SSSR count). The van der Waals surface area contributed by atoms with Crippen LogP contribution in [0.2, 0.25) is 0 Å². The van der Waals surface area contributed by atoms with Crippen LogP contribution in [0.1, 0.15) is 18.0 Å². The number of nitrogens with one attached hydrogen (secondary N) is 1. The van der Waals surface area contributed by atoms with Crippen LogP contribution in [0.3, 0.4) is 0 Å². The zero-order valence-electron chi connectivity index (χ0n) is 11.7. The third-order valence-electron chi connectivity index (χ3n) is 2.97. The van der Waals surface area contributed by atoms with E-state index in [-0.39, 0.29) is 5.82 Å². The first-order valence-electron chi connectivity index (χ1n) is 6.13. The second kappa shape index (κ2) is 5.44. The summed E-state index contributed by atoms with van der Waals surface area (Å²) in [5, 5.41) is 15.6. The highest BCUT2D eigenvalue weighted by Gasteiger charge is 2.58. The van der Waals surface area contributed by atoms with E-state index in [1.54, 1.807) is 6.92 Å². The molecule has 0 spiro atoms. The molecule has 0 saturated heterocycles. The minimum absolute atomic E-state index is 0.0353. The first kappa shape index (κ1) is 16.0. The number of hydrogen-bond acceptors (Lipinski definition) is 5. The van der Waals surface area contributed by atoms with Crippen LogP contribution in [-0.4, -0.2) is 31.9 Å². The number of aliphatic hydroxyl groups is 1. The van der Waals surface area contributed by atoms with Gasteiger partial charge in [0.05, 0.1) is 6.42 Å². The summed E-state index contributed by atoms with van der Waals surface area (Å²) in [6.45, 7) is 1.56. The fourth-order valence-corrected chi connectivity index (χ4v) is 1.91. The van der Waals surface area contributed by atoms with Crippen LogP contribution in [0.4, 0.5) is 19.0 Å². The fourth-order valence-electron chi connectivity index (χ4n) is 1.91. The van der Waals surface area contributed by atoms with E-state index in [1.807, 2.05) is 0 Å². The van der Waals surface area contributed by atoms with E-state index >= 15 is 0 Å². The van der Waals surface area contributed by atoms with Gasteiger partial charge in [-0.1, -0.05) is 5.16 Å². The van der Waals surface area contributed by atoms with Gasteiger partial charge in [0, 0.05) is 25.5 Å². The summed E-state index contributed by atoms with van der Waals surface area (Å²) in [5.74, 6) is -1.40. The van der Waals surface area contributed by atoms with Gasteiger partial charge < -0.3 is 19.5 Å². The van der Waals surface area contributed by atoms with Gasteiger partial charge in [0.15, 0.2) is 11.6 Å². The van der Waals surface area contributed by atoms with E-state index in [2.05, 4.69) is 20.0 Å². The number of anilines is 1. The number of alkyl halides is 3. The molecule has 0 bridgehead atoms. The molecule has 120 valence electrons. The molecule has 1 unspecified atom stereocenters. The molecule has 7 nitrogen and oxygen atoms in total. The fraction of sp³-hybridized carbons (Fsp3) is 0.417. The van der Waals surface area contributed by atoms with Crippen LogP contribution in [0.5, 0.6) is 0 Å². The Kier molecular flexibility index (Phi) is 3.96. The van der Waals surface area contributed by atoms with Gasteiger partial charge in [0.1, 0.15) is 5.76 Å². The SMILES string of the molecule is Cc1cc(NC(=O)CC(O)(c2nccn2C)C(F)(F)F)no1. The Morgan fingerprint density at radius 3 is 2.64 bits per heavy atom. The third-order valence-corrected chi connectivity index (χ3v) is 2.97. The molecule has 0 aromatic carbocycles. The summed E-state index contributed by atoms with van der Waals surface area (Å²) < 4.78 is 45.4. The van der Waals surface area contributed by atoms with Crippen LogP contribution in [-0.2, 0) is 17.4 Å². The number of carbonyl (C=O) groups excluding carboxylic acids is 1. The molecule has 0 aliphatic rings. The normalized spacial score (nSPS) is 14.6. The van der Waals surface area contributed by atoms with Crippen molar-refractivity contribution >= 4 is 11.7 Å². The highest BCUT2D eigenvalue weighted by Crippen LogP contribution is 2.40. The largest absolute Gasteiger partial charge is 0.425 e. The molecule has 0 aliphatic heterocycles. The summed E-state index contributed by atoms with van der Waals surface area (Å²) in [5.41, 5.74) is -3.41. The van der Waals surface area contributed by atoms with Crippen LogP contribution < -0.4 is 5.32 Å². The van der Waals surface area contributed by atoms with Gasteiger partial charge in [-0.05, 0) is 6.92 Å². The van der Waals surface area contributed by atoms with Crippen molar-refractivity contribution in [3.05, 3.63) is 30.0 Å². The van der Waals surface area contributed by atoms with Crippen LogP contribution >= 0.6 is 0 Å². The van der Waals surface area contributed by atoms with Gasteiger partial charge in [0.25, 0.3) is 0 Å². The van der Waals surface area contributed by atoms with Crippen molar-refractivity contribution in [2.45, 2.75) is 25.1 Å². The molecular weight excluding hydrogens is 305 g/mol. The van der Waals surface area contributed by atoms with Gasteiger partial charge in [-0.2, -0.15) is 13.2 Å². The zero-order chi connectivity index (χ0) is 16.5. The molecule has 2 aromatic rings. The lowest BCUT2D eigenvalue weighted by Crippen LogP contribution is -2.46. The Morgan fingerprint density at radius 2 is 2.18 bits per heavy atom. The standard InChI is InChI=1S/C12H13F3N4O3/c1-7-5-8(18-22-7)17-9(20)6-11(21,12(13,14)15)10-16-3-4-19(10)2/h3-5,21H,6H2,1-2H3,(H,17,18,20). The molecule has 2 N–H and O–H groups in total. The summed E-state index contributed by atoms with van der Waals surface area (Å²) in [7, 11) is 1.29. The molecule has 0 aliphatic carbocycles. The van der Waals surface area contributed by atoms with Crippen molar-refractivity contribution in [2.24, 2.45) is 7.05 Å². The number of amides is 1. The number of nitrogens with zero attached hydrogens (tertiary/aromatic N) is 3. The second-order valence-electron chi connectivity index (χ2n) is 4.77. The Morgan fingerprint density at radius 1 is 1.50 bits per heavy atom. The molecule has 2 aromatic heterocycles. The number of rotatable bonds is 4. The quantitative estimate of drug-likeness (QED) is 0.891. The maximum Gasteiger partial charge on any atom is 0.425 e. The summed E-state index contributed by atoms with van der Waals surface area (Å²) in [6.07, 6.45) is -3.99.